The highest BCUT2D eigenvalue weighted by Gasteiger charge is 2.32. The van der Waals surface area contributed by atoms with E-state index in [9.17, 15) is 5.11 Å². The average Bonchev–Trinajstić information content (AvgIpc) is 2.01. The van der Waals surface area contributed by atoms with Crippen LogP contribution in [0.2, 0.25) is 0 Å². The Bertz CT molecular complexity index is 123. The Morgan fingerprint density at radius 2 is 2.09 bits per heavy atom. The van der Waals surface area contributed by atoms with Crippen molar-refractivity contribution in [2.45, 2.75) is 39.4 Å². The summed E-state index contributed by atoms with van der Waals surface area (Å²) in [6.07, 6.45) is 0.725. The van der Waals surface area contributed by atoms with Gasteiger partial charge in [-0.05, 0) is 18.3 Å². The van der Waals surface area contributed by atoms with E-state index in [1.165, 1.54) is 0 Å². The van der Waals surface area contributed by atoms with Gasteiger partial charge in [0.2, 0.25) is 0 Å². The third kappa shape index (κ3) is 1.74. The molecule has 1 heterocycles. The minimum Gasteiger partial charge on any atom is -0.390 e. The standard InChI is InChI=1S/C9H18O2/c1-4-8-9(10)7(3)6(2)5-11-8/h6-10H,4-5H2,1-3H3/t6?,7-,8?,9-/m1/s1. The predicted molar refractivity (Wildman–Crippen MR) is 44.4 cm³/mol. The molecule has 0 amide bonds. The zero-order valence-corrected chi connectivity index (χ0v) is 7.58. The second kappa shape index (κ2) is 3.55. The van der Waals surface area contributed by atoms with Crippen LogP contribution in [0.1, 0.15) is 27.2 Å². The number of hydrogen-bond acceptors (Lipinski definition) is 2. The van der Waals surface area contributed by atoms with Gasteiger partial charge in [0.25, 0.3) is 0 Å². The molecule has 2 unspecified atom stereocenters. The number of aliphatic hydroxyl groups is 1. The van der Waals surface area contributed by atoms with E-state index < -0.39 is 0 Å². The van der Waals surface area contributed by atoms with Crippen molar-refractivity contribution in [3.05, 3.63) is 0 Å². The quantitative estimate of drug-likeness (QED) is 0.625. The molecule has 0 bridgehead atoms. The van der Waals surface area contributed by atoms with Gasteiger partial charge in [0, 0.05) is 6.61 Å². The number of ether oxygens (including phenoxy) is 1. The molecule has 1 N–H and O–H groups in total. The first-order valence-electron chi connectivity index (χ1n) is 4.46. The van der Waals surface area contributed by atoms with Crippen molar-refractivity contribution in [3.63, 3.8) is 0 Å². The Kier molecular flexibility index (Phi) is 2.90. The van der Waals surface area contributed by atoms with Gasteiger partial charge in [0.05, 0.1) is 12.2 Å². The van der Waals surface area contributed by atoms with E-state index in [0.29, 0.717) is 11.8 Å². The lowest BCUT2D eigenvalue weighted by Gasteiger charge is -2.36. The summed E-state index contributed by atoms with van der Waals surface area (Å²) >= 11 is 0. The third-order valence-corrected chi connectivity index (χ3v) is 2.79. The molecule has 1 fully saturated rings. The first-order valence-corrected chi connectivity index (χ1v) is 4.46. The Labute approximate surface area is 68.6 Å². The average molecular weight is 158 g/mol. The fraction of sp³-hybridized carbons (Fsp3) is 1.00. The molecule has 0 aromatic rings. The van der Waals surface area contributed by atoms with Crippen molar-refractivity contribution in [2.75, 3.05) is 6.61 Å². The first kappa shape index (κ1) is 9.01. The van der Waals surface area contributed by atoms with E-state index in [2.05, 4.69) is 20.8 Å². The minimum atomic E-state index is -0.260. The molecule has 0 aromatic carbocycles. The van der Waals surface area contributed by atoms with Crippen molar-refractivity contribution >= 4 is 0 Å². The van der Waals surface area contributed by atoms with Gasteiger partial charge in [-0.2, -0.15) is 0 Å². The van der Waals surface area contributed by atoms with Gasteiger partial charge in [0.15, 0.2) is 0 Å². The van der Waals surface area contributed by atoms with Gasteiger partial charge in [-0.1, -0.05) is 20.8 Å². The van der Waals surface area contributed by atoms with Crippen molar-refractivity contribution in [1.29, 1.82) is 0 Å². The second-order valence-electron chi connectivity index (χ2n) is 3.61. The molecule has 0 aromatic heterocycles. The summed E-state index contributed by atoms with van der Waals surface area (Å²) in [5.41, 5.74) is 0. The summed E-state index contributed by atoms with van der Waals surface area (Å²) in [5.74, 6) is 0.876. The Hall–Kier alpha value is -0.0800. The van der Waals surface area contributed by atoms with E-state index in [1.54, 1.807) is 0 Å². The summed E-state index contributed by atoms with van der Waals surface area (Å²) in [4.78, 5) is 0. The summed E-state index contributed by atoms with van der Waals surface area (Å²) in [6.45, 7) is 7.08. The highest BCUT2D eigenvalue weighted by atomic mass is 16.5. The minimum absolute atomic E-state index is 0.0706. The van der Waals surface area contributed by atoms with Gasteiger partial charge in [-0.25, -0.2) is 0 Å². The molecule has 1 aliphatic heterocycles. The van der Waals surface area contributed by atoms with E-state index in [0.717, 1.165) is 13.0 Å². The maximum absolute atomic E-state index is 9.68. The first-order chi connectivity index (χ1) is 5.16. The molecule has 4 atom stereocenters. The second-order valence-corrected chi connectivity index (χ2v) is 3.61. The molecule has 2 heteroatoms. The molecule has 0 spiro atoms. The lowest BCUT2D eigenvalue weighted by molar-refractivity contribution is -0.125. The van der Waals surface area contributed by atoms with E-state index >= 15 is 0 Å². The van der Waals surface area contributed by atoms with Crippen molar-refractivity contribution in [3.8, 4) is 0 Å². The molecule has 0 radical (unpaired) electrons. The van der Waals surface area contributed by atoms with Gasteiger partial charge in [-0.15, -0.1) is 0 Å². The highest BCUT2D eigenvalue weighted by Crippen LogP contribution is 2.26. The van der Waals surface area contributed by atoms with Crippen LogP contribution >= 0.6 is 0 Å². The van der Waals surface area contributed by atoms with Crippen molar-refractivity contribution in [2.24, 2.45) is 11.8 Å². The van der Waals surface area contributed by atoms with Gasteiger partial charge < -0.3 is 9.84 Å². The number of hydrogen-bond donors (Lipinski definition) is 1. The van der Waals surface area contributed by atoms with Crippen LogP contribution < -0.4 is 0 Å². The fourth-order valence-corrected chi connectivity index (χ4v) is 1.56. The van der Waals surface area contributed by atoms with E-state index in [1.807, 2.05) is 0 Å². The largest absolute Gasteiger partial charge is 0.390 e. The molecular formula is C9H18O2. The van der Waals surface area contributed by atoms with E-state index in [4.69, 9.17) is 4.74 Å². The topological polar surface area (TPSA) is 29.5 Å². The number of rotatable bonds is 1. The summed E-state index contributed by atoms with van der Waals surface area (Å²) in [7, 11) is 0. The SMILES string of the molecule is CCC1OCC(C)[C@@H](C)[C@H]1O. The maximum atomic E-state index is 9.68. The predicted octanol–water partition coefficient (Wildman–Crippen LogP) is 1.43. The fourth-order valence-electron chi connectivity index (χ4n) is 1.56. The molecule has 66 valence electrons. The Balaban J connectivity index is 2.52. The van der Waals surface area contributed by atoms with Crippen LogP contribution in [0, 0.1) is 11.8 Å². The van der Waals surface area contributed by atoms with Gasteiger partial charge in [0.1, 0.15) is 0 Å². The zero-order chi connectivity index (χ0) is 8.43. The third-order valence-electron chi connectivity index (χ3n) is 2.79. The smallest absolute Gasteiger partial charge is 0.0834 e. The van der Waals surface area contributed by atoms with Gasteiger partial charge in [-0.3, -0.25) is 0 Å². The molecule has 0 saturated carbocycles. The van der Waals surface area contributed by atoms with Crippen molar-refractivity contribution < 1.29 is 9.84 Å². The van der Waals surface area contributed by atoms with Crippen LogP contribution in [-0.4, -0.2) is 23.9 Å². The molecule has 1 saturated heterocycles. The molecule has 1 rings (SSSR count). The van der Waals surface area contributed by atoms with Crippen LogP contribution in [-0.2, 0) is 4.74 Å². The van der Waals surface area contributed by atoms with Crippen LogP contribution in [0.3, 0.4) is 0 Å². The Morgan fingerprint density at radius 3 is 2.64 bits per heavy atom. The molecule has 0 aliphatic carbocycles. The zero-order valence-electron chi connectivity index (χ0n) is 7.58. The summed E-state index contributed by atoms with van der Waals surface area (Å²) in [5, 5.41) is 9.68. The molecule has 2 nitrogen and oxygen atoms in total. The molecule has 11 heavy (non-hydrogen) atoms. The van der Waals surface area contributed by atoms with Gasteiger partial charge >= 0.3 is 0 Å². The van der Waals surface area contributed by atoms with Crippen LogP contribution in [0.5, 0.6) is 0 Å². The van der Waals surface area contributed by atoms with E-state index in [-0.39, 0.29) is 12.2 Å². The van der Waals surface area contributed by atoms with Crippen LogP contribution in [0.25, 0.3) is 0 Å². The molecular weight excluding hydrogens is 140 g/mol. The number of aliphatic hydroxyl groups excluding tert-OH is 1. The maximum Gasteiger partial charge on any atom is 0.0834 e. The van der Waals surface area contributed by atoms with Crippen molar-refractivity contribution in [1.82, 2.24) is 0 Å². The molecule has 1 aliphatic rings. The lowest BCUT2D eigenvalue weighted by Crippen LogP contribution is -2.43. The monoisotopic (exact) mass is 158 g/mol. The lowest BCUT2D eigenvalue weighted by atomic mass is 9.85. The Morgan fingerprint density at radius 1 is 1.45 bits per heavy atom. The van der Waals surface area contributed by atoms with Crippen LogP contribution in [0.4, 0.5) is 0 Å². The van der Waals surface area contributed by atoms with Crippen LogP contribution in [0.15, 0.2) is 0 Å². The highest BCUT2D eigenvalue weighted by molar-refractivity contribution is 4.81. The normalized spacial score (nSPS) is 45.8. The summed E-state index contributed by atoms with van der Waals surface area (Å²) in [6, 6.07) is 0. The summed E-state index contributed by atoms with van der Waals surface area (Å²) < 4.78 is 5.47.